The van der Waals surface area contributed by atoms with Gasteiger partial charge >= 0.3 is 0 Å². The van der Waals surface area contributed by atoms with Crippen LogP contribution in [0.15, 0.2) is 71.9 Å². The Morgan fingerprint density at radius 3 is 2.86 bits per heavy atom. The molecule has 8 nitrogen and oxygen atoms in total. The molecule has 1 N–H and O–H groups in total. The van der Waals surface area contributed by atoms with E-state index in [1.54, 1.807) is 35.6 Å². The molecule has 1 amide bonds. The van der Waals surface area contributed by atoms with Gasteiger partial charge in [0.25, 0.3) is 5.89 Å². The van der Waals surface area contributed by atoms with Gasteiger partial charge in [-0.15, -0.1) is 0 Å². The highest BCUT2D eigenvalue weighted by Gasteiger charge is 2.14. The highest BCUT2D eigenvalue weighted by molar-refractivity contribution is 5.76. The highest BCUT2D eigenvalue weighted by Crippen LogP contribution is 2.20. The van der Waals surface area contributed by atoms with Crippen molar-refractivity contribution in [2.24, 2.45) is 0 Å². The molecule has 0 fully saturated rings. The molecule has 8 heteroatoms. The number of benzene rings is 1. The summed E-state index contributed by atoms with van der Waals surface area (Å²) in [6.07, 6.45) is 6.60. The van der Waals surface area contributed by atoms with Crippen molar-refractivity contribution >= 4 is 5.91 Å². The fourth-order valence-electron chi connectivity index (χ4n) is 2.77. The van der Waals surface area contributed by atoms with E-state index in [1.165, 1.54) is 0 Å². The molecule has 4 aromatic rings. The lowest BCUT2D eigenvalue weighted by Gasteiger charge is -2.14. The minimum atomic E-state index is -0.107. The number of nitrogens with zero attached hydrogens (tertiary/aromatic N) is 5. The van der Waals surface area contributed by atoms with Gasteiger partial charge in [0.1, 0.15) is 12.2 Å². The molecule has 1 aromatic carbocycles. The molecule has 0 saturated heterocycles. The van der Waals surface area contributed by atoms with E-state index in [2.05, 4.69) is 25.4 Å². The zero-order chi connectivity index (χ0) is 19.3. The van der Waals surface area contributed by atoms with Crippen LogP contribution in [-0.2, 0) is 11.3 Å². The number of hydrogen-bond donors (Lipinski definition) is 1. The van der Waals surface area contributed by atoms with Gasteiger partial charge in [-0.3, -0.25) is 9.78 Å². The fraction of sp³-hybridized carbons (Fsp3) is 0.150. The topological polar surface area (TPSA) is 98.7 Å². The van der Waals surface area contributed by atoms with Gasteiger partial charge in [-0.2, -0.15) is 4.98 Å². The number of carbonyl (C=O) groups is 1. The van der Waals surface area contributed by atoms with Gasteiger partial charge in [0.05, 0.1) is 17.9 Å². The highest BCUT2D eigenvalue weighted by atomic mass is 16.5. The predicted molar refractivity (Wildman–Crippen MR) is 102 cm³/mol. The molecule has 0 radical (unpaired) electrons. The second-order valence-corrected chi connectivity index (χ2v) is 6.30. The third-order valence-corrected chi connectivity index (χ3v) is 4.20. The quantitative estimate of drug-likeness (QED) is 0.557. The molecule has 0 unspecified atom stereocenters. The number of amides is 1. The summed E-state index contributed by atoms with van der Waals surface area (Å²) >= 11 is 0. The zero-order valence-electron chi connectivity index (χ0n) is 15.2. The maximum atomic E-state index is 12.3. The summed E-state index contributed by atoms with van der Waals surface area (Å²) in [7, 11) is 0. The van der Waals surface area contributed by atoms with Crippen molar-refractivity contribution in [3.05, 3.63) is 72.9 Å². The van der Waals surface area contributed by atoms with Gasteiger partial charge in [-0.25, -0.2) is 4.98 Å². The second-order valence-electron chi connectivity index (χ2n) is 6.30. The molecule has 140 valence electrons. The molecule has 0 saturated carbocycles. The number of nitrogens with one attached hydrogen (secondary N) is 1. The van der Waals surface area contributed by atoms with E-state index in [1.807, 2.05) is 43.3 Å². The van der Waals surface area contributed by atoms with E-state index in [4.69, 9.17) is 4.52 Å². The van der Waals surface area contributed by atoms with Crippen LogP contribution in [-0.4, -0.2) is 30.6 Å². The Morgan fingerprint density at radius 1 is 1.21 bits per heavy atom. The van der Waals surface area contributed by atoms with Crippen LogP contribution in [0.5, 0.6) is 0 Å². The van der Waals surface area contributed by atoms with Gasteiger partial charge < -0.3 is 14.4 Å². The first-order valence-corrected chi connectivity index (χ1v) is 8.79. The number of rotatable bonds is 6. The Kier molecular flexibility index (Phi) is 4.92. The van der Waals surface area contributed by atoms with Gasteiger partial charge in [0, 0.05) is 18.6 Å². The molecule has 0 aliphatic carbocycles. The molecule has 3 heterocycles. The number of carbonyl (C=O) groups excluding carboxylic acids is 1. The lowest BCUT2D eigenvalue weighted by atomic mass is 10.1. The monoisotopic (exact) mass is 374 g/mol. The molecule has 0 aliphatic heterocycles. The number of hydrogen-bond acceptors (Lipinski definition) is 6. The van der Waals surface area contributed by atoms with Gasteiger partial charge in [-0.1, -0.05) is 35.5 Å². The summed E-state index contributed by atoms with van der Waals surface area (Å²) in [6.45, 7) is 2.10. The first kappa shape index (κ1) is 17.6. The van der Waals surface area contributed by atoms with Crippen LogP contribution in [0.3, 0.4) is 0 Å². The molecular formula is C20H18N6O2. The van der Waals surface area contributed by atoms with E-state index in [0.717, 1.165) is 11.1 Å². The van der Waals surface area contributed by atoms with Crippen molar-refractivity contribution in [2.75, 3.05) is 0 Å². The van der Waals surface area contributed by atoms with Crippen LogP contribution in [0.25, 0.3) is 23.0 Å². The Morgan fingerprint density at radius 2 is 2.07 bits per heavy atom. The van der Waals surface area contributed by atoms with Gasteiger partial charge in [0.15, 0.2) is 0 Å². The molecule has 0 spiro atoms. The summed E-state index contributed by atoms with van der Waals surface area (Å²) in [6, 6.07) is 13.4. The van der Waals surface area contributed by atoms with Crippen LogP contribution >= 0.6 is 0 Å². The van der Waals surface area contributed by atoms with Crippen molar-refractivity contribution in [1.29, 1.82) is 0 Å². The summed E-state index contributed by atoms with van der Waals surface area (Å²) in [5, 5.41) is 6.93. The SMILES string of the molecule is C[C@H](NC(=O)Cn1cnc(-c2noc(-c3cccnc3)n2)c1)c1ccccc1. The van der Waals surface area contributed by atoms with Gasteiger partial charge in [0.2, 0.25) is 11.7 Å². The van der Waals surface area contributed by atoms with Crippen LogP contribution in [0, 0.1) is 0 Å². The number of aromatic nitrogens is 5. The molecule has 0 bridgehead atoms. The molecule has 28 heavy (non-hydrogen) atoms. The summed E-state index contributed by atoms with van der Waals surface area (Å²) < 4.78 is 6.95. The van der Waals surface area contributed by atoms with Crippen LogP contribution in [0.4, 0.5) is 0 Å². The summed E-state index contributed by atoms with van der Waals surface area (Å²) in [5.41, 5.74) is 2.31. The molecular weight excluding hydrogens is 356 g/mol. The maximum absolute atomic E-state index is 12.3. The number of imidazole rings is 1. The first-order valence-electron chi connectivity index (χ1n) is 8.79. The summed E-state index contributed by atoms with van der Waals surface area (Å²) in [4.78, 5) is 25.0. The largest absolute Gasteiger partial charge is 0.348 e. The average molecular weight is 374 g/mol. The van der Waals surface area contributed by atoms with Crippen molar-refractivity contribution in [2.45, 2.75) is 19.5 Å². The standard InChI is InChI=1S/C20H18N6O2/c1-14(15-6-3-2-4-7-15)23-18(27)12-26-11-17(22-13-26)19-24-20(28-25-19)16-8-5-9-21-10-16/h2-11,13-14H,12H2,1H3,(H,23,27)/t14-/m0/s1. The lowest BCUT2D eigenvalue weighted by molar-refractivity contribution is -0.122. The van der Waals surface area contributed by atoms with E-state index in [-0.39, 0.29) is 18.5 Å². The average Bonchev–Trinajstić information content (AvgIpc) is 3.39. The molecule has 3 aromatic heterocycles. The first-order chi connectivity index (χ1) is 13.7. The maximum Gasteiger partial charge on any atom is 0.259 e. The zero-order valence-corrected chi connectivity index (χ0v) is 15.2. The fourth-order valence-corrected chi connectivity index (χ4v) is 2.77. The summed E-state index contributed by atoms with van der Waals surface area (Å²) in [5.74, 6) is 0.618. The Balaban J connectivity index is 1.41. The van der Waals surface area contributed by atoms with Crippen molar-refractivity contribution in [3.8, 4) is 23.0 Å². The Labute approximate surface area is 161 Å². The van der Waals surface area contributed by atoms with Crippen LogP contribution < -0.4 is 5.32 Å². The third kappa shape index (κ3) is 3.96. The normalized spacial score (nSPS) is 11.9. The van der Waals surface area contributed by atoms with E-state index >= 15 is 0 Å². The molecule has 0 aliphatic rings. The minimum absolute atomic E-state index is 0.0732. The van der Waals surface area contributed by atoms with E-state index in [9.17, 15) is 4.79 Å². The third-order valence-electron chi connectivity index (χ3n) is 4.20. The number of pyridine rings is 1. The van der Waals surface area contributed by atoms with Crippen molar-refractivity contribution in [1.82, 2.24) is 30.0 Å². The van der Waals surface area contributed by atoms with E-state index < -0.39 is 0 Å². The Bertz CT molecular complexity index is 1060. The molecule has 4 rings (SSSR count). The van der Waals surface area contributed by atoms with Gasteiger partial charge in [-0.05, 0) is 24.6 Å². The molecule has 1 atom stereocenters. The van der Waals surface area contributed by atoms with Crippen molar-refractivity contribution < 1.29 is 9.32 Å². The van der Waals surface area contributed by atoms with Crippen LogP contribution in [0.1, 0.15) is 18.5 Å². The second kappa shape index (κ2) is 7.83. The Hall–Kier alpha value is -3.81. The predicted octanol–water partition coefficient (Wildman–Crippen LogP) is 2.87. The smallest absolute Gasteiger partial charge is 0.259 e. The van der Waals surface area contributed by atoms with Crippen LogP contribution in [0.2, 0.25) is 0 Å². The lowest BCUT2D eigenvalue weighted by Crippen LogP contribution is -2.29. The minimum Gasteiger partial charge on any atom is -0.348 e. The van der Waals surface area contributed by atoms with Crippen molar-refractivity contribution in [3.63, 3.8) is 0 Å². The van der Waals surface area contributed by atoms with E-state index in [0.29, 0.717) is 17.4 Å².